The fourth-order valence-corrected chi connectivity index (χ4v) is 2.80. The fraction of sp³-hybridized carbons (Fsp3) is 0.0588. The summed E-state index contributed by atoms with van der Waals surface area (Å²) in [5.41, 5.74) is 3.93. The maximum absolute atomic E-state index is 2.22. The average molecular weight is 250 g/mol. The summed E-state index contributed by atoms with van der Waals surface area (Å²) >= 11 is 1.82. The lowest BCUT2D eigenvalue weighted by Gasteiger charge is -2.03. The van der Waals surface area contributed by atoms with E-state index in [9.17, 15) is 0 Å². The Bertz CT molecular complexity index is 592. The smallest absolute Gasteiger partial charge is 0.00890 e. The molecule has 0 unspecified atom stereocenters. The number of rotatable bonds is 3. The molecule has 0 radical (unpaired) electrons. The minimum absolute atomic E-state index is 1.03. The van der Waals surface area contributed by atoms with E-state index in [2.05, 4.69) is 72.1 Å². The molecule has 0 saturated heterocycles. The summed E-state index contributed by atoms with van der Waals surface area (Å²) < 4.78 is 0. The molecule has 0 aliphatic heterocycles. The van der Waals surface area contributed by atoms with Crippen molar-refractivity contribution in [3.05, 3.63) is 82.6 Å². The minimum Gasteiger partial charge on any atom is -0.149 e. The van der Waals surface area contributed by atoms with E-state index in [-0.39, 0.29) is 0 Å². The number of thiophene rings is 1. The number of benzene rings is 2. The molecule has 0 N–H and O–H groups in total. The largest absolute Gasteiger partial charge is 0.149 e. The van der Waals surface area contributed by atoms with Gasteiger partial charge in [0.15, 0.2) is 0 Å². The van der Waals surface area contributed by atoms with E-state index >= 15 is 0 Å². The Morgan fingerprint density at radius 2 is 1.39 bits per heavy atom. The highest BCUT2D eigenvalue weighted by Crippen LogP contribution is 2.21. The van der Waals surface area contributed by atoms with Gasteiger partial charge in [-0.2, -0.15) is 0 Å². The van der Waals surface area contributed by atoms with Crippen molar-refractivity contribution >= 4 is 11.3 Å². The van der Waals surface area contributed by atoms with Gasteiger partial charge in [0.05, 0.1) is 0 Å². The van der Waals surface area contributed by atoms with Gasteiger partial charge in [-0.25, -0.2) is 0 Å². The highest BCUT2D eigenvalue weighted by molar-refractivity contribution is 7.09. The van der Waals surface area contributed by atoms with Gasteiger partial charge in [-0.3, -0.25) is 0 Å². The summed E-state index contributed by atoms with van der Waals surface area (Å²) in [4.78, 5) is 1.42. The zero-order valence-corrected chi connectivity index (χ0v) is 10.9. The molecule has 0 spiro atoms. The Labute approximate surface area is 112 Å². The Hall–Kier alpha value is -1.86. The first-order valence-electron chi connectivity index (χ1n) is 6.08. The summed E-state index contributed by atoms with van der Waals surface area (Å²) in [5.74, 6) is 0. The van der Waals surface area contributed by atoms with Crippen LogP contribution in [-0.2, 0) is 6.42 Å². The van der Waals surface area contributed by atoms with Gasteiger partial charge in [0.2, 0.25) is 0 Å². The predicted molar refractivity (Wildman–Crippen MR) is 79.0 cm³/mol. The van der Waals surface area contributed by atoms with Crippen LogP contribution >= 0.6 is 11.3 Å². The number of hydrogen-bond acceptors (Lipinski definition) is 1. The van der Waals surface area contributed by atoms with Gasteiger partial charge in [0, 0.05) is 11.3 Å². The molecule has 0 fully saturated rings. The molecular weight excluding hydrogens is 236 g/mol. The van der Waals surface area contributed by atoms with Gasteiger partial charge < -0.3 is 0 Å². The quantitative estimate of drug-likeness (QED) is 0.613. The Morgan fingerprint density at radius 1 is 0.667 bits per heavy atom. The second-order valence-corrected chi connectivity index (χ2v) is 5.35. The molecule has 0 bridgehead atoms. The highest BCUT2D eigenvalue weighted by atomic mass is 32.1. The van der Waals surface area contributed by atoms with Crippen LogP contribution in [0.2, 0.25) is 0 Å². The summed E-state index contributed by atoms with van der Waals surface area (Å²) in [6, 6.07) is 23.7. The standard InChI is InChI=1S/C17H14S/c1-2-5-15(6-3-1)16-10-8-14(9-11-16)13-17-7-4-12-18-17/h1-12H,13H2. The maximum atomic E-state index is 2.22. The third-order valence-electron chi connectivity index (χ3n) is 3.02. The van der Waals surface area contributed by atoms with E-state index in [0.717, 1.165) is 6.42 Å². The summed E-state index contributed by atoms with van der Waals surface area (Å²) in [7, 11) is 0. The van der Waals surface area contributed by atoms with Crippen molar-refractivity contribution in [1.29, 1.82) is 0 Å². The lowest BCUT2D eigenvalue weighted by molar-refractivity contribution is 1.24. The topological polar surface area (TPSA) is 0 Å². The van der Waals surface area contributed by atoms with E-state index in [1.54, 1.807) is 0 Å². The average Bonchev–Trinajstić information content (AvgIpc) is 2.94. The molecule has 1 heterocycles. The van der Waals surface area contributed by atoms with Crippen LogP contribution in [0.25, 0.3) is 11.1 Å². The molecule has 1 aromatic heterocycles. The van der Waals surface area contributed by atoms with Crippen LogP contribution < -0.4 is 0 Å². The second-order valence-electron chi connectivity index (χ2n) is 4.32. The van der Waals surface area contributed by atoms with Crippen molar-refractivity contribution < 1.29 is 0 Å². The molecule has 3 rings (SSSR count). The first-order valence-corrected chi connectivity index (χ1v) is 6.96. The molecule has 0 nitrogen and oxygen atoms in total. The summed E-state index contributed by atoms with van der Waals surface area (Å²) in [6.45, 7) is 0. The van der Waals surface area contributed by atoms with E-state index in [0.29, 0.717) is 0 Å². The third-order valence-corrected chi connectivity index (χ3v) is 3.90. The molecule has 1 heteroatoms. The predicted octanol–water partition coefficient (Wildman–Crippen LogP) is 5.01. The van der Waals surface area contributed by atoms with Crippen LogP contribution in [0, 0.1) is 0 Å². The van der Waals surface area contributed by atoms with Crippen molar-refractivity contribution in [2.45, 2.75) is 6.42 Å². The molecule has 0 atom stereocenters. The molecule has 88 valence electrons. The van der Waals surface area contributed by atoms with Crippen molar-refractivity contribution in [2.24, 2.45) is 0 Å². The normalized spacial score (nSPS) is 10.4. The van der Waals surface area contributed by atoms with Crippen LogP contribution in [0.1, 0.15) is 10.4 Å². The van der Waals surface area contributed by atoms with E-state index < -0.39 is 0 Å². The van der Waals surface area contributed by atoms with Gasteiger partial charge in [-0.1, -0.05) is 60.7 Å². The van der Waals surface area contributed by atoms with Crippen molar-refractivity contribution in [3.8, 4) is 11.1 Å². The molecule has 0 aliphatic carbocycles. The van der Waals surface area contributed by atoms with Crippen LogP contribution in [0.3, 0.4) is 0 Å². The molecule has 0 saturated carbocycles. The van der Waals surface area contributed by atoms with Crippen LogP contribution in [-0.4, -0.2) is 0 Å². The summed E-state index contributed by atoms with van der Waals surface area (Å²) in [6.07, 6.45) is 1.03. The van der Waals surface area contributed by atoms with Gasteiger partial charge >= 0.3 is 0 Å². The highest BCUT2D eigenvalue weighted by Gasteiger charge is 1.99. The summed E-state index contributed by atoms with van der Waals surface area (Å²) in [5, 5.41) is 2.13. The zero-order chi connectivity index (χ0) is 12.2. The molecule has 18 heavy (non-hydrogen) atoms. The first kappa shape index (κ1) is 11.2. The third kappa shape index (κ3) is 2.52. The van der Waals surface area contributed by atoms with Crippen molar-refractivity contribution in [1.82, 2.24) is 0 Å². The molecule has 0 amide bonds. The molecular formula is C17H14S. The first-order chi connectivity index (χ1) is 8.92. The van der Waals surface area contributed by atoms with Crippen LogP contribution in [0.15, 0.2) is 72.1 Å². The Morgan fingerprint density at radius 3 is 2.06 bits per heavy atom. The minimum atomic E-state index is 1.03. The van der Waals surface area contributed by atoms with Crippen LogP contribution in [0.5, 0.6) is 0 Å². The van der Waals surface area contributed by atoms with Crippen molar-refractivity contribution in [2.75, 3.05) is 0 Å². The monoisotopic (exact) mass is 250 g/mol. The van der Waals surface area contributed by atoms with E-state index in [1.165, 1.54) is 21.6 Å². The second kappa shape index (κ2) is 5.19. The van der Waals surface area contributed by atoms with Gasteiger partial charge in [0.1, 0.15) is 0 Å². The lowest BCUT2D eigenvalue weighted by Crippen LogP contribution is -1.84. The van der Waals surface area contributed by atoms with Crippen molar-refractivity contribution in [3.63, 3.8) is 0 Å². The van der Waals surface area contributed by atoms with Gasteiger partial charge in [0.25, 0.3) is 0 Å². The lowest BCUT2D eigenvalue weighted by atomic mass is 10.0. The zero-order valence-electron chi connectivity index (χ0n) is 10.0. The van der Waals surface area contributed by atoms with E-state index in [1.807, 2.05) is 11.3 Å². The molecule has 2 aromatic carbocycles. The van der Waals surface area contributed by atoms with Gasteiger partial charge in [-0.15, -0.1) is 11.3 Å². The van der Waals surface area contributed by atoms with E-state index in [4.69, 9.17) is 0 Å². The SMILES string of the molecule is c1ccc(-c2ccc(Cc3cccs3)cc2)cc1. The van der Waals surface area contributed by atoms with Crippen LogP contribution in [0.4, 0.5) is 0 Å². The van der Waals surface area contributed by atoms with Gasteiger partial charge in [-0.05, 0) is 28.1 Å². The Kier molecular flexibility index (Phi) is 3.24. The fourth-order valence-electron chi connectivity index (χ4n) is 2.06. The Balaban J connectivity index is 1.81. The molecule has 3 aromatic rings. The maximum Gasteiger partial charge on any atom is 0.00890 e. The molecule has 0 aliphatic rings. The number of hydrogen-bond donors (Lipinski definition) is 0.